The van der Waals surface area contributed by atoms with E-state index in [9.17, 15) is 14.0 Å². The van der Waals surface area contributed by atoms with Gasteiger partial charge in [0.15, 0.2) is 5.76 Å². The average Bonchev–Trinajstić information content (AvgIpc) is 3.42. The van der Waals surface area contributed by atoms with Crippen molar-refractivity contribution in [2.75, 3.05) is 18.9 Å². The predicted molar refractivity (Wildman–Crippen MR) is 110 cm³/mol. The summed E-state index contributed by atoms with van der Waals surface area (Å²) in [5, 5.41) is 3.43. The molecule has 1 amide bonds. The summed E-state index contributed by atoms with van der Waals surface area (Å²) in [6.45, 7) is 0.433. The van der Waals surface area contributed by atoms with Gasteiger partial charge in [-0.1, -0.05) is 23.7 Å². The van der Waals surface area contributed by atoms with Crippen molar-refractivity contribution in [3.8, 4) is 0 Å². The van der Waals surface area contributed by atoms with E-state index in [1.165, 1.54) is 24.5 Å². The highest BCUT2D eigenvalue weighted by atomic mass is 35.5. The Hall–Kier alpha value is -2.96. The van der Waals surface area contributed by atoms with Crippen LogP contribution in [0.4, 0.5) is 10.1 Å². The standard InChI is InChI=1S/C23H18ClFN2O3/c1-27-12-16(13-4-6-14(24)7-5-13)20(21(28)19-3-2-10-30-19)23(27)17-11-15(25)8-9-18(17)26-22(23)29/h2-11,16,20H,12H2,1H3,(H,26,29)/t16-,20-,23-/m1/s1. The third-order valence-corrected chi connectivity index (χ3v) is 6.51. The van der Waals surface area contributed by atoms with E-state index in [0.29, 0.717) is 22.8 Å². The number of carbonyl (C=O) groups is 2. The van der Waals surface area contributed by atoms with Crippen LogP contribution in [-0.4, -0.2) is 30.2 Å². The molecule has 1 saturated heterocycles. The molecule has 7 heteroatoms. The molecule has 1 fully saturated rings. The van der Waals surface area contributed by atoms with Crippen LogP contribution in [-0.2, 0) is 10.3 Å². The number of amides is 1. The number of fused-ring (bicyclic) bond motifs is 2. The van der Waals surface area contributed by atoms with Crippen LogP contribution in [0.25, 0.3) is 0 Å². The minimum atomic E-state index is -1.34. The predicted octanol–water partition coefficient (Wildman–Crippen LogP) is 4.45. The molecule has 0 bridgehead atoms. The van der Waals surface area contributed by atoms with E-state index in [0.717, 1.165) is 5.56 Å². The molecule has 1 aromatic heterocycles. The lowest BCUT2D eigenvalue weighted by Gasteiger charge is -2.35. The summed E-state index contributed by atoms with van der Waals surface area (Å²) < 4.78 is 19.6. The lowest BCUT2D eigenvalue weighted by molar-refractivity contribution is -0.126. The molecule has 2 aliphatic rings. The van der Waals surface area contributed by atoms with E-state index in [1.54, 1.807) is 31.3 Å². The van der Waals surface area contributed by atoms with Gasteiger partial charge in [0.25, 0.3) is 0 Å². The van der Waals surface area contributed by atoms with Crippen LogP contribution in [0.3, 0.4) is 0 Å². The zero-order chi connectivity index (χ0) is 21.0. The molecular formula is C23H18ClFN2O3. The maximum atomic E-state index is 14.2. The van der Waals surface area contributed by atoms with Crippen LogP contribution in [0.2, 0.25) is 5.02 Å². The number of halogens is 2. The maximum Gasteiger partial charge on any atom is 0.250 e. The summed E-state index contributed by atoms with van der Waals surface area (Å²) in [5.41, 5.74) is 0.523. The smallest absolute Gasteiger partial charge is 0.250 e. The monoisotopic (exact) mass is 424 g/mol. The van der Waals surface area contributed by atoms with Crippen molar-refractivity contribution < 1.29 is 18.4 Å². The molecule has 3 atom stereocenters. The van der Waals surface area contributed by atoms with E-state index in [4.69, 9.17) is 16.0 Å². The fourth-order valence-corrected chi connectivity index (χ4v) is 5.12. The van der Waals surface area contributed by atoms with Gasteiger partial charge in [-0.2, -0.15) is 0 Å². The minimum absolute atomic E-state index is 0.172. The Morgan fingerprint density at radius 1 is 1.23 bits per heavy atom. The number of Topliss-reactive ketones (excluding diaryl/α,β-unsaturated/α-hetero) is 1. The molecule has 1 spiro atoms. The number of anilines is 1. The fraction of sp³-hybridized carbons (Fsp3) is 0.217. The van der Waals surface area contributed by atoms with Crippen LogP contribution < -0.4 is 5.32 Å². The van der Waals surface area contributed by atoms with Gasteiger partial charge in [-0.15, -0.1) is 0 Å². The first-order chi connectivity index (χ1) is 14.4. The van der Waals surface area contributed by atoms with Crippen LogP contribution in [0, 0.1) is 11.7 Å². The SMILES string of the molecule is CN1C[C@H](c2ccc(Cl)cc2)[C@H](C(=O)c2ccco2)[C@]12C(=O)Nc1ccc(F)cc12. The van der Waals surface area contributed by atoms with Crippen molar-refractivity contribution in [3.05, 3.63) is 88.6 Å². The number of likely N-dealkylation sites (tertiary alicyclic amines) is 1. The third kappa shape index (κ3) is 2.57. The molecule has 0 radical (unpaired) electrons. The summed E-state index contributed by atoms with van der Waals surface area (Å²) in [5.74, 6) is -2.05. The number of nitrogens with zero attached hydrogens (tertiary/aromatic N) is 1. The average molecular weight is 425 g/mol. The van der Waals surface area contributed by atoms with Gasteiger partial charge in [-0.05, 0) is 55.1 Å². The van der Waals surface area contributed by atoms with Gasteiger partial charge in [0.1, 0.15) is 11.4 Å². The Balaban J connectivity index is 1.74. The van der Waals surface area contributed by atoms with E-state index in [2.05, 4.69) is 5.32 Å². The second-order valence-electron chi connectivity index (χ2n) is 7.77. The molecule has 30 heavy (non-hydrogen) atoms. The lowest BCUT2D eigenvalue weighted by atomic mass is 9.71. The zero-order valence-electron chi connectivity index (χ0n) is 16.1. The molecule has 152 valence electrons. The van der Waals surface area contributed by atoms with Gasteiger partial charge >= 0.3 is 0 Å². The molecule has 3 aromatic rings. The summed E-state index contributed by atoms with van der Waals surface area (Å²) in [6.07, 6.45) is 1.43. The Kier molecular flexibility index (Phi) is 4.31. The van der Waals surface area contributed by atoms with Gasteiger partial charge in [0.2, 0.25) is 11.7 Å². The number of furan rings is 1. The van der Waals surface area contributed by atoms with Gasteiger partial charge in [-0.3, -0.25) is 14.5 Å². The van der Waals surface area contributed by atoms with Crippen LogP contribution in [0.5, 0.6) is 0 Å². The van der Waals surface area contributed by atoms with E-state index >= 15 is 0 Å². The highest BCUT2D eigenvalue weighted by Gasteiger charge is 2.64. The molecule has 0 aliphatic carbocycles. The van der Waals surface area contributed by atoms with Gasteiger partial charge in [-0.25, -0.2) is 4.39 Å². The second kappa shape index (κ2) is 6.79. The van der Waals surface area contributed by atoms with E-state index in [-0.39, 0.29) is 23.4 Å². The Morgan fingerprint density at radius 3 is 2.70 bits per heavy atom. The van der Waals surface area contributed by atoms with Gasteiger partial charge in [0.05, 0.1) is 12.2 Å². The second-order valence-corrected chi connectivity index (χ2v) is 8.20. The minimum Gasteiger partial charge on any atom is -0.461 e. The molecule has 1 N–H and O–H groups in total. The van der Waals surface area contributed by atoms with E-state index in [1.807, 2.05) is 17.0 Å². The summed E-state index contributed by atoms with van der Waals surface area (Å²) in [6, 6.07) is 14.7. The summed E-state index contributed by atoms with van der Waals surface area (Å²) in [4.78, 5) is 28.9. The number of benzene rings is 2. The van der Waals surface area contributed by atoms with Gasteiger partial charge < -0.3 is 9.73 Å². The van der Waals surface area contributed by atoms with Crippen LogP contribution in [0.1, 0.15) is 27.6 Å². The first-order valence-electron chi connectivity index (χ1n) is 9.59. The number of nitrogens with one attached hydrogen (secondary N) is 1. The number of likely N-dealkylation sites (N-methyl/N-ethyl adjacent to an activating group) is 1. The normalized spacial score (nSPS) is 25.5. The van der Waals surface area contributed by atoms with Crippen molar-refractivity contribution in [1.29, 1.82) is 0 Å². The van der Waals surface area contributed by atoms with Gasteiger partial charge in [0, 0.05) is 28.7 Å². The topological polar surface area (TPSA) is 62.6 Å². The van der Waals surface area contributed by atoms with Crippen LogP contribution >= 0.6 is 11.6 Å². The van der Waals surface area contributed by atoms with E-state index < -0.39 is 17.3 Å². The van der Waals surface area contributed by atoms with Crippen molar-refractivity contribution >= 4 is 29.0 Å². The number of hydrogen-bond acceptors (Lipinski definition) is 4. The molecule has 0 saturated carbocycles. The van der Waals surface area contributed by atoms with Crippen LogP contribution in [0.15, 0.2) is 65.3 Å². The third-order valence-electron chi connectivity index (χ3n) is 6.26. The zero-order valence-corrected chi connectivity index (χ0v) is 16.8. The molecule has 5 nitrogen and oxygen atoms in total. The number of ketones is 1. The number of hydrogen-bond donors (Lipinski definition) is 1. The maximum absolute atomic E-state index is 14.2. The number of carbonyl (C=O) groups excluding carboxylic acids is 2. The molecule has 2 aromatic carbocycles. The quantitative estimate of drug-likeness (QED) is 0.631. The fourth-order valence-electron chi connectivity index (χ4n) is 4.99. The van der Waals surface area contributed by atoms with Crippen molar-refractivity contribution in [1.82, 2.24) is 4.90 Å². The molecular weight excluding hydrogens is 407 g/mol. The molecule has 5 rings (SSSR count). The Morgan fingerprint density at radius 2 is 2.00 bits per heavy atom. The first-order valence-corrected chi connectivity index (χ1v) is 9.96. The summed E-state index contributed by atoms with van der Waals surface area (Å²) in [7, 11) is 1.79. The molecule has 3 heterocycles. The largest absolute Gasteiger partial charge is 0.461 e. The van der Waals surface area contributed by atoms with Crippen molar-refractivity contribution in [3.63, 3.8) is 0 Å². The first kappa shape index (κ1) is 19.0. The Labute approximate surface area is 177 Å². The Bertz CT molecular complexity index is 1150. The molecule has 0 unspecified atom stereocenters. The lowest BCUT2D eigenvalue weighted by Crippen LogP contribution is -2.51. The highest BCUT2D eigenvalue weighted by Crippen LogP contribution is 2.55. The van der Waals surface area contributed by atoms with Crippen molar-refractivity contribution in [2.24, 2.45) is 5.92 Å². The number of rotatable bonds is 3. The van der Waals surface area contributed by atoms with Crippen molar-refractivity contribution in [2.45, 2.75) is 11.5 Å². The summed E-state index contributed by atoms with van der Waals surface area (Å²) >= 11 is 6.06. The molecule has 2 aliphatic heterocycles. The highest BCUT2D eigenvalue weighted by molar-refractivity contribution is 6.30.